The lowest BCUT2D eigenvalue weighted by atomic mass is 9.97. The molecule has 2 N–H and O–H groups in total. The third-order valence-electron chi connectivity index (χ3n) is 6.47. The van der Waals surface area contributed by atoms with Gasteiger partial charge in [0.2, 0.25) is 0 Å². The molecule has 2 heterocycles. The molecule has 0 bridgehead atoms. The molecule has 0 aromatic carbocycles. The van der Waals surface area contributed by atoms with E-state index in [-0.39, 0.29) is 12.0 Å². The van der Waals surface area contributed by atoms with Crippen LogP contribution in [0.4, 0.5) is 0 Å². The quantitative estimate of drug-likeness (QED) is 0.388. The Hall–Kier alpha value is -1.74. The molecule has 3 unspecified atom stereocenters. The van der Waals surface area contributed by atoms with Crippen molar-refractivity contribution in [3.8, 4) is 0 Å². The molecule has 3 atom stereocenters. The first-order valence-electron chi connectivity index (χ1n) is 12.8. The van der Waals surface area contributed by atoms with Gasteiger partial charge >= 0.3 is 0 Å². The summed E-state index contributed by atoms with van der Waals surface area (Å²) in [4.78, 5) is 0.844. The van der Waals surface area contributed by atoms with E-state index >= 15 is 0 Å². The number of rotatable bonds is 12. The Balaban J connectivity index is 2.04. The van der Waals surface area contributed by atoms with Gasteiger partial charge in [0.25, 0.3) is 0 Å². The molecule has 0 aliphatic carbocycles. The van der Waals surface area contributed by atoms with Crippen LogP contribution in [0, 0.1) is 11.8 Å². The minimum Gasteiger partial charge on any atom is -0.501 e. The van der Waals surface area contributed by atoms with Crippen molar-refractivity contribution >= 4 is 16.6 Å². The van der Waals surface area contributed by atoms with Gasteiger partial charge in [0, 0.05) is 42.2 Å². The summed E-state index contributed by atoms with van der Waals surface area (Å²) in [6.45, 7) is 14.1. The van der Waals surface area contributed by atoms with E-state index in [2.05, 4.69) is 48.9 Å². The van der Waals surface area contributed by atoms with Crippen molar-refractivity contribution in [2.45, 2.75) is 91.5 Å². The average Bonchev–Trinajstić information content (AvgIpc) is 3.28. The number of methoxy groups -OCH3 is 1. The molecule has 1 aromatic rings. The molecule has 7 nitrogen and oxygen atoms in total. The van der Waals surface area contributed by atoms with Crippen LogP contribution in [-0.4, -0.2) is 54.5 Å². The van der Waals surface area contributed by atoms with E-state index in [1.807, 2.05) is 24.0 Å². The maximum atomic E-state index is 13.6. The zero-order chi connectivity index (χ0) is 26.0. The fraction of sp³-hybridized carbons (Fsp3) is 0.667. The van der Waals surface area contributed by atoms with Gasteiger partial charge in [0.05, 0.1) is 19.1 Å². The van der Waals surface area contributed by atoms with Crippen LogP contribution < -0.4 is 0 Å². The number of hydrogen-bond acceptors (Lipinski definition) is 5. The molecule has 0 radical (unpaired) electrons. The highest BCUT2D eigenvalue weighted by Gasteiger charge is 2.26. The standard InChI is InChI=1S/C27H45N3O4S/c1-20(2)17-29-19-25(16-28-29)21(3)8-7-9-23(5)35(33)30-18-24(12-15-27(31)32)11-14-26(34-6)13-10-22(30)4/h9,13,16,19-20,22,24,27,31-32H,3,7-8,10-12,14-15,17-18H2,1-2,4-6H3/b23-9+,26-13+. The van der Waals surface area contributed by atoms with Crippen LogP contribution >= 0.6 is 0 Å². The zero-order valence-electron chi connectivity index (χ0n) is 22.2. The van der Waals surface area contributed by atoms with Gasteiger partial charge in [0.1, 0.15) is 11.0 Å². The third kappa shape index (κ3) is 10.0. The van der Waals surface area contributed by atoms with Crippen molar-refractivity contribution in [1.29, 1.82) is 0 Å². The smallest absolute Gasteiger partial charge is 0.151 e. The fourth-order valence-corrected chi connectivity index (χ4v) is 5.69. The molecule has 0 saturated carbocycles. The van der Waals surface area contributed by atoms with Crippen molar-refractivity contribution < 1.29 is 19.2 Å². The molecule has 198 valence electrons. The van der Waals surface area contributed by atoms with E-state index in [1.54, 1.807) is 7.11 Å². The normalized spacial score (nSPS) is 22.9. The first-order valence-corrected chi connectivity index (χ1v) is 13.9. The van der Waals surface area contributed by atoms with E-state index in [0.29, 0.717) is 25.3 Å². The summed E-state index contributed by atoms with van der Waals surface area (Å²) in [6, 6.07) is 0.0748. The molecule has 1 aromatic heterocycles. The van der Waals surface area contributed by atoms with Gasteiger partial charge in [-0.2, -0.15) is 5.10 Å². The zero-order valence-corrected chi connectivity index (χ0v) is 23.0. The second kappa shape index (κ2) is 14.7. The first kappa shape index (κ1) is 29.5. The Morgan fingerprint density at radius 2 is 2.14 bits per heavy atom. The predicted octanol–water partition coefficient (Wildman–Crippen LogP) is 5.01. The van der Waals surface area contributed by atoms with E-state index in [9.17, 15) is 14.4 Å². The van der Waals surface area contributed by atoms with Crippen molar-refractivity contribution in [2.75, 3.05) is 13.7 Å². The second-order valence-corrected chi connectivity index (χ2v) is 11.7. The average molecular weight is 508 g/mol. The van der Waals surface area contributed by atoms with Crippen LogP contribution in [0.2, 0.25) is 0 Å². The summed E-state index contributed by atoms with van der Waals surface area (Å²) in [6.07, 6.45) is 11.7. The molecular formula is C27H45N3O4S. The predicted molar refractivity (Wildman–Crippen MR) is 143 cm³/mol. The topological polar surface area (TPSA) is 87.8 Å². The van der Waals surface area contributed by atoms with E-state index in [4.69, 9.17) is 4.74 Å². The van der Waals surface area contributed by atoms with Crippen molar-refractivity contribution in [3.63, 3.8) is 0 Å². The maximum Gasteiger partial charge on any atom is 0.151 e. The molecular weight excluding hydrogens is 462 g/mol. The fourth-order valence-electron chi connectivity index (χ4n) is 4.30. The second-order valence-electron chi connectivity index (χ2n) is 10.1. The molecule has 1 aliphatic rings. The van der Waals surface area contributed by atoms with Gasteiger partial charge in [-0.3, -0.25) is 4.68 Å². The summed E-state index contributed by atoms with van der Waals surface area (Å²) in [5, 5.41) is 23.2. The number of aromatic nitrogens is 2. The summed E-state index contributed by atoms with van der Waals surface area (Å²) in [5.41, 5.74) is 2.09. The molecule has 0 spiro atoms. The Morgan fingerprint density at radius 3 is 2.80 bits per heavy atom. The number of hydrogen-bond donors (Lipinski definition) is 2. The van der Waals surface area contributed by atoms with Crippen molar-refractivity contribution in [1.82, 2.24) is 14.1 Å². The van der Waals surface area contributed by atoms with Crippen LogP contribution in [0.3, 0.4) is 0 Å². The monoisotopic (exact) mass is 507 g/mol. The number of nitrogens with zero attached hydrogens (tertiary/aromatic N) is 3. The lowest BCUT2D eigenvalue weighted by molar-refractivity contribution is -0.0494. The molecule has 0 fully saturated rings. The van der Waals surface area contributed by atoms with Crippen LogP contribution in [0.15, 0.2) is 41.8 Å². The summed E-state index contributed by atoms with van der Waals surface area (Å²) >= 11 is 0. The van der Waals surface area contributed by atoms with Crippen LogP contribution in [0.5, 0.6) is 0 Å². The highest BCUT2D eigenvalue weighted by Crippen LogP contribution is 2.27. The number of aliphatic hydroxyl groups is 2. The minimum atomic E-state index is -1.32. The van der Waals surface area contributed by atoms with Gasteiger partial charge in [-0.25, -0.2) is 8.51 Å². The lowest BCUT2D eigenvalue weighted by Gasteiger charge is -2.30. The molecule has 2 rings (SSSR count). The van der Waals surface area contributed by atoms with E-state index in [0.717, 1.165) is 60.4 Å². The Bertz CT molecular complexity index is 891. The van der Waals surface area contributed by atoms with Crippen LogP contribution in [0.25, 0.3) is 5.57 Å². The van der Waals surface area contributed by atoms with Gasteiger partial charge in [-0.05, 0) is 75.9 Å². The van der Waals surface area contributed by atoms with Crippen molar-refractivity contribution in [2.24, 2.45) is 11.8 Å². The summed E-state index contributed by atoms with van der Waals surface area (Å²) in [7, 11) is 0.423. The van der Waals surface area contributed by atoms with Crippen molar-refractivity contribution in [3.05, 3.63) is 47.4 Å². The highest BCUT2D eigenvalue weighted by molar-refractivity contribution is 7.86. The Kier molecular flexibility index (Phi) is 12.4. The minimum absolute atomic E-state index is 0.0748. The van der Waals surface area contributed by atoms with Crippen LogP contribution in [-0.2, 0) is 22.3 Å². The molecule has 35 heavy (non-hydrogen) atoms. The molecule has 8 heteroatoms. The third-order valence-corrected chi connectivity index (χ3v) is 8.12. The molecule has 1 aliphatic heterocycles. The van der Waals surface area contributed by atoms with E-state index < -0.39 is 17.3 Å². The number of allylic oxidation sites excluding steroid dienone is 4. The Morgan fingerprint density at radius 1 is 1.40 bits per heavy atom. The van der Waals surface area contributed by atoms with Gasteiger partial charge in [-0.1, -0.05) is 26.5 Å². The van der Waals surface area contributed by atoms with Gasteiger partial charge < -0.3 is 14.9 Å². The first-order chi connectivity index (χ1) is 16.6. The lowest BCUT2D eigenvalue weighted by Crippen LogP contribution is -2.38. The highest BCUT2D eigenvalue weighted by atomic mass is 32.2. The van der Waals surface area contributed by atoms with Gasteiger partial charge in [-0.15, -0.1) is 0 Å². The molecule has 0 amide bonds. The summed E-state index contributed by atoms with van der Waals surface area (Å²) in [5.74, 6) is 1.69. The largest absolute Gasteiger partial charge is 0.501 e. The summed E-state index contributed by atoms with van der Waals surface area (Å²) < 4.78 is 23.1. The Labute approximate surface area is 214 Å². The SMILES string of the molecule is C=C(CC/C=C(\C)S(=O)N1CC(CCC(O)O)CC/C(OC)=C\CC1C)c1cnn(CC(C)C)c1. The number of aliphatic hydroxyl groups excluding tert-OH is 1. The van der Waals surface area contributed by atoms with Gasteiger partial charge in [0.15, 0.2) is 6.29 Å². The van der Waals surface area contributed by atoms with E-state index in [1.165, 1.54) is 0 Å². The molecule has 0 saturated heterocycles. The van der Waals surface area contributed by atoms with Crippen LogP contribution in [0.1, 0.15) is 78.2 Å². The number of ether oxygens (including phenoxy) is 1. The maximum absolute atomic E-state index is 13.6.